The SMILES string of the molecule is CCc1ccc(CN(C)C(=O)C(C)(C)C#N)cc1. The van der Waals surface area contributed by atoms with Crippen LogP contribution in [0.5, 0.6) is 0 Å². The van der Waals surface area contributed by atoms with E-state index in [1.54, 1.807) is 25.8 Å². The molecule has 0 heterocycles. The minimum absolute atomic E-state index is 0.149. The zero-order valence-corrected chi connectivity index (χ0v) is 11.5. The van der Waals surface area contributed by atoms with Crippen LogP contribution in [0.2, 0.25) is 0 Å². The van der Waals surface area contributed by atoms with E-state index < -0.39 is 5.41 Å². The maximum absolute atomic E-state index is 12.0. The largest absolute Gasteiger partial charge is 0.340 e. The zero-order valence-electron chi connectivity index (χ0n) is 11.5. The molecule has 1 rings (SSSR count). The summed E-state index contributed by atoms with van der Waals surface area (Å²) in [6.45, 7) is 5.94. The Balaban J connectivity index is 2.73. The summed E-state index contributed by atoms with van der Waals surface area (Å²) < 4.78 is 0. The first-order valence-corrected chi connectivity index (χ1v) is 6.15. The monoisotopic (exact) mass is 244 g/mol. The van der Waals surface area contributed by atoms with E-state index in [0.29, 0.717) is 6.54 Å². The molecule has 0 saturated heterocycles. The van der Waals surface area contributed by atoms with Crippen LogP contribution in [0.3, 0.4) is 0 Å². The van der Waals surface area contributed by atoms with E-state index >= 15 is 0 Å². The summed E-state index contributed by atoms with van der Waals surface area (Å²) in [5, 5.41) is 8.95. The van der Waals surface area contributed by atoms with Gasteiger partial charge < -0.3 is 4.90 Å². The lowest BCUT2D eigenvalue weighted by Gasteiger charge is -2.24. The molecule has 3 heteroatoms. The molecule has 0 fully saturated rings. The van der Waals surface area contributed by atoms with Crippen LogP contribution in [-0.2, 0) is 17.8 Å². The average Bonchev–Trinajstić information content (AvgIpc) is 2.38. The first-order valence-electron chi connectivity index (χ1n) is 6.15. The number of amides is 1. The molecule has 0 aromatic heterocycles. The van der Waals surface area contributed by atoms with Gasteiger partial charge in [-0.25, -0.2) is 0 Å². The van der Waals surface area contributed by atoms with Gasteiger partial charge in [0.15, 0.2) is 0 Å². The van der Waals surface area contributed by atoms with Crippen molar-refractivity contribution in [3.05, 3.63) is 35.4 Å². The summed E-state index contributed by atoms with van der Waals surface area (Å²) in [5.41, 5.74) is 1.40. The summed E-state index contributed by atoms with van der Waals surface area (Å²) >= 11 is 0. The van der Waals surface area contributed by atoms with Gasteiger partial charge in [-0.1, -0.05) is 31.2 Å². The van der Waals surface area contributed by atoms with Crippen LogP contribution in [-0.4, -0.2) is 17.9 Å². The van der Waals surface area contributed by atoms with Crippen molar-refractivity contribution in [2.75, 3.05) is 7.05 Å². The summed E-state index contributed by atoms with van der Waals surface area (Å²) in [5.74, 6) is -0.149. The molecule has 0 spiro atoms. The Hall–Kier alpha value is -1.82. The standard InChI is InChI=1S/C15H20N2O/c1-5-12-6-8-13(9-7-12)10-17(4)14(18)15(2,3)11-16/h6-9H,5,10H2,1-4H3. The van der Waals surface area contributed by atoms with E-state index in [1.165, 1.54) is 5.56 Å². The van der Waals surface area contributed by atoms with E-state index in [4.69, 9.17) is 5.26 Å². The second-order valence-electron chi connectivity index (χ2n) is 5.07. The Labute approximate surface area is 109 Å². The number of rotatable bonds is 4. The number of carbonyl (C=O) groups excluding carboxylic acids is 1. The number of aryl methyl sites for hydroxylation is 1. The molecule has 3 nitrogen and oxygen atoms in total. The Kier molecular flexibility index (Phi) is 4.49. The molecular formula is C15H20N2O. The van der Waals surface area contributed by atoms with Crippen molar-refractivity contribution in [3.8, 4) is 6.07 Å². The molecule has 1 aromatic rings. The van der Waals surface area contributed by atoms with E-state index in [2.05, 4.69) is 19.1 Å². The predicted octanol–water partition coefficient (Wildman–Crippen LogP) is 2.76. The van der Waals surface area contributed by atoms with E-state index in [-0.39, 0.29) is 5.91 Å². The molecule has 18 heavy (non-hydrogen) atoms. The third-order valence-corrected chi connectivity index (χ3v) is 3.01. The number of carbonyl (C=O) groups is 1. The van der Waals surface area contributed by atoms with Crippen LogP contribution in [0.15, 0.2) is 24.3 Å². The highest BCUT2D eigenvalue weighted by Gasteiger charge is 2.30. The van der Waals surface area contributed by atoms with Crippen LogP contribution < -0.4 is 0 Å². The first kappa shape index (κ1) is 14.2. The molecule has 0 aliphatic rings. The van der Waals surface area contributed by atoms with Crippen molar-refractivity contribution in [1.82, 2.24) is 4.90 Å². The third kappa shape index (κ3) is 3.33. The summed E-state index contributed by atoms with van der Waals surface area (Å²) in [6, 6.07) is 10.2. The Morgan fingerprint density at radius 1 is 1.28 bits per heavy atom. The Bertz CT molecular complexity index is 454. The number of nitrogens with zero attached hydrogens (tertiary/aromatic N) is 2. The number of hydrogen-bond donors (Lipinski definition) is 0. The van der Waals surface area contributed by atoms with Gasteiger partial charge in [0.1, 0.15) is 5.41 Å². The summed E-state index contributed by atoms with van der Waals surface area (Å²) in [7, 11) is 1.73. The van der Waals surface area contributed by atoms with Crippen LogP contribution in [0, 0.1) is 16.7 Å². The highest BCUT2D eigenvalue weighted by atomic mass is 16.2. The molecule has 0 unspecified atom stereocenters. The Morgan fingerprint density at radius 3 is 2.22 bits per heavy atom. The fourth-order valence-electron chi connectivity index (χ4n) is 1.75. The maximum atomic E-state index is 12.0. The fraction of sp³-hybridized carbons (Fsp3) is 0.467. The van der Waals surface area contributed by atoms with Gasteiger partial charge in [0.05, 0.1) is 6.07 Å². The van der Waals surface area contributed by atoms with E-state index in [1.807, 2.05) is 18.2 Å². The van der Waals surface area contributed by atoms with Crippen LogP contribution in [0.25, 0.3) is 0 Å². The molecule has 0 atom stereocenters. The summed E-state index contributed by atoms with van der Waals surface area (Å²) in [6.07, 6.45) is 1.01. The van der Waals surface area contributed by atoms with Crippen molar-refractivity contribution >= 4 is 5.91 Å². The first-order chi connectivity index (χ1) is 8.40. The van der Waals surface area contributed by atoms with Gasteiger partial charge in [-0.3, -0.25) is 4.79 Å². The predicted molar refractivity (Wildman–Crippen MR) is 71.7 cm³/mol. The van der Waals surface area contributed by atoms with Crippen LogP contribution >= 0.6 is 0 Å². The quantitative estimate of drug-likeness (QED) is 0.817. The minimum Gasteiger partial charge on any atom is -0.340 e. The average molecular weight is 244 g/mol. The smallest absolute Gasteiger partial charge is 0.242 e. The number of benzene rings is 1. The molecule has 0 radical (unpaired) electrons. The minimum atomic E-state index is -0.960. The lowest BCUT2D eigenvalue weighted by atomic mass is 9.94. The van der Waals surface area contributed by atoms with E-state index in [9.17, 15) is 4.79 Å². The van der Waals surface area contributed by atoms with Crippen molar-refractivity contribution in [1.29, 1.82) is 5.26 Å². The van der Waals surface area contributed by atoms with Crippen molar-refractivity contribution in [2.45, 2.75) is 33.7 Å². The zero-order chi connectivity index (χ0) is 13.8. The molecule has 0 saturated carbocycles. The van der Waals surface area contributed by atoms with Gasteiger partial charge >= 0.3 is 0 Å². The van der Waals surface area contributed by atoms with Crippen LogP contribution in [0.1, 0.15) is 31.9 Å². The number of hydrogen-bond acceptors (Lipinski definition) is 2. The molecular weight excluding hydrogens is 224 g/mol. The molecule has 0 aliphatic heterocycles. The normalized spacial score (nSPS) is 10.8. The second-order valence-corrected chi connectivity index (χ2v) is 5.07. The van der Waals surface area contributed by atoms with Gasteiger partial charge in [0.2, 0.25) is 5.91 Å². The Morgan fingerprint density at radius 2 is 1.78 bits per heavy atom. The molecule has 0 bridgehead atoms. The topological polar surface area (TPSA) is 44.1 Å². The molecule has 96 valence electrons. The fourth-order valence-corrected chi connectivity index (χ4v) is 1.75. The third-order valence-electron chi connectivity index (χ3n) is 3.01. The van der Waals surface area contributed by atoms with Gasteiger partial charge in [0, 0.05) is 13.6 Å². The van der Waals surface area contributed by atoms with Gasteiger partial charge in [-0.05, 0) is 31.4 Å². The second kappa shape index (κ2) is 5.68. The lowest BCUT2D eigenvalue weighted by Crippen LogP contribution is -2.37. The van der Waals surface area contributed by atoms with Crippen LogP contribution in [0.4, 0.5) is 0 Å². The molecule has 0 N–H and O–H groups in total. The van der Waals surface area contributed by atoms with Crippen molar-refractivity contribution < 1.29 is 4.79 Å². The lowest BCUT2D eigenvalue weighted by molar-refractivity contribution is -0.136. The van der Waals surface area contributed by atoms with Gasteiger partial charge in [0.25, 0.3) is 0 Å². The van der Waals surface area contributed by atoms with Gasteiger partial charge in [-0.2, -0.15) is 5.26 Å². The highest BCUT2D eigenvalue weighted by molar-refractivity contribution is 5.84. The number of nitriles is 1. The van der Waals surface area contributed by atoms with Crippen molar-refractivity contribution in [3.63, 3.8) is 0 Å². The highest BCUT2D eigenvalue weighted by Crippen LogP contribution is 2.18. The molecule has 1 amide bonds. The summed E-state index contributed by atoms with van der Waals surface area (Å²) in [4.78, 5) is 13.6. The van der Waals surface area contributed by atoms with Gasteiger partial charge in [-0.15, -0.1) is 0 Å². The maximum Gasteiger partial charge on any atom is 0.242 e. The van der Waals surface area contributed by atoms with Crippen molar-refractivity contribution in [2.24, 2.45) is 5.41 Å². The molecule has 1 aromatic carbocycles. The molecule has 0 aliphatic carbocycles. The van der Waals surface area contributed by atoms with E-state index in [0.717, 1.165) is 12.0 Å².